The molecular weight excluding hydrogens is 518 g/mol. The van der Waals surface area contributed by atoms with Gasteiger partial charge in [-0.25, -0.2) is 9.37 Å². The summed E-state index contributed by atoms with van der Waals surface area (Å²) in [7, 11) is 0. The minimum absolute atomic E-state index is 0.00228. The Kier molecular flexibility index (Phi) is 9.01. The first-order valence-electron chi connectivity index (χ1n) is 12.7. The highest BCUT2D eigenvalue weighted by atomic mass is 19.4. The quantitative estimate of drug-likeness (QED) is 0.262. The summed E-state index contributed by atoms with van der Waals surface area (Å²) in [6, 6.07) is 11.0. The van der Waals surface area contributed by atoms with E-state index in [-0.39, 0.29) is 55.9 Å². The second kappa shape index (κ2) is 12.4. The lowest BCUT2D eigenvalue weighted by Gasteiger charge is -2.30. The average molecular weight is 548 g/mol. The molecule has 39 heavy (non-hydrogen) atoms. The number of oxazole rings is 1. The van der Waals surface area contributed by atoms with Gasteiger partial charge in [-0.05, 0) is 49.1 Å². The molecule has 1 aliphatic heterocycles. The van der Waals surface area contributed by atoms with Crippen molar-refractivity contribution in [3.63, 3.8) is 0 Å². The van der Waals surface area contributed by atoms with Gasteiger partial charge < -0.3 is 14.1 Å². The molecule has 4 rings (SSSR count). The van der Waals surface area contributed by atoms with Gasteiger partial charge >= 0.3 is 12.1 Å². The summed E-state index contributed by atoms with van der Waals surface area (Å²) in [5.41, 5.74) is 0.0425. The third-order valence-electron chi connectivity index (χ3n) is 6.49. The first-order valence-corrected chi connectivity index (χ1v) is 12.7. The fraction of sp³-hybridized carbons (Fsp3) is 0.393. The minimum atomic E-state index is -4.53. The molecule has 0 bridgehead atoms. The van der Waals surface area contributed by atoms with Crippen LogP contribution in [0.1, 0.15) is 52.8 Å². The van der Waals surface area contributed by atoms with Gasteiger partial charge in [0, 0.05) is 26.2 Å². The van der Waals surface area contributed by atoms with Gasteiger partial charge in [0.15, 0.2) is 5.69 Å². The number of likely N-dealkylation sites (tertiary alicyclic amines) is 1. The summed E-state index contributed by atoms with van der Waals surface area (Å²) in [5.74, 6) is -1.43. The van der Waals surface area contributed by atoms with E-state index < -0.39 is 29.4 Å². The summed E-state index contributed by atoms with van der Waals surface area (Å²) in [6.45, 7) is 2.76. The standard InChI is InChI=1S/C28H29F4N3O4/c1-2-38-27(37)21-7-5-13-35(16-21)26(36)24-18-39-25(33-24)17-34(14-19-9-11-22(29)12-10-19)15-20-6-3-4-8-23(20)28(30,31)32/h3-4,6,8-12,18,21H,2,5,7,13-17H2,1H3/t21-/m1/s1. The highest BCUT2D eigenvalue weighted by Gasteiger charge is 2.34. The van der Waals surface area contributed by atoms with Crippen LogP contribution in [0.5, 0.6) is 0 Å². The SMILES string of the molecule is CCOC(=O)[C@@H]1CCCN(C(=O)c2coc(CN(Cc3ccc(F)cc3)Cc3ccccc3C(F)(F)F)n2)C1. The molecule has 1 amide bonds. The van der Waals surface area contributed by atoms with Crippen molar-refractivity contribution >= 4 is 11.9 Å². The van der Waals surface area contributed by atoms with Gasteiger partial charge in [0.1, 0.15) is 12.1 Å². The molecule has 0 spiro atoms. The van der Waals surface area contributed by atoms with Crippen molar-refractivity contribution < 1.29 is 36.3 Å². The van der Waals surface area contributed by atoms with E-state index in [1.54, 1.807) is 24.0 Å². The third kappa shape index (κ3) is 7.44. The Morgan fingerprint density at radius 3 is 2.56 bits per heavy atom. The van der Waals surface area contributed by atoms with E-state index in [4.69, 9.17) is 9.15 Å². The van der Waals surface area contributed by atoms with Crippen molar-refractivity contribution in [3.8, 4) is 0 Å². The first kappa shape index (κ1) is 28.3. The van der Waals surface area contributed by atoms with Crippen molar-refractivity contribution in [2.75, 3.05) is 19.7 Å². The van der Waals surface area contributed by atoms with E-state index in [0.29, 0.717) is 24.9 Å². The molecule has 208 valence electrons. The molecule has 1 aliphatic rings. The summed E-state index contributed by atoms with van der Waals surface area (Å²) in [4.78, 5) is 32.7. The molecule has 0 saturated carbocycles. The highest BCUT2D eigenvalue weighted by Crippen LogP contribution is 2.33. The number of nitrogens with zero attached hydrogens (tertiary/aromatic N) is 3. The molecule has 2 heterocycles. The molecule has 0 N–H and O–H groups in total. The summed E-state index contributed by atoms with van der Waals surface area (Å²) >= 11 is 0. The molecule has 1 aromatic heterocycles. The predicted octanol–water partition coefficient (Wildman–Crippen LogP) is 5.45. The number of benzene rings is 2. The molecular formula is C28H29F4N3O4. The Morgan fingerprint density at radius 2 is 1.85 bits per heavy atom. The van der Waals surface area contributed by atoms with E-state index in [9.17, 15) is 27.2 Å². The summed E-state index contributed by atoms with van der Waals surface area (Å²) < 4.78 is 64.9. The summed E-state index contributed by atoms with van der Waals surface area (Å²) in [5, 5.41) is 0. The first-order chi connectivity index (χ1) is 18.6. The van der Waals surface area contributed by atoms with Crippen LogP contribution in [0.4, 0.5) is 17.6 Å². The normalized spacial score (nSPS) is 15.9. The van der Waals surface area contributed by atoms with E-state index in [1.165, 1.54) is 41.5 Å². The number of carbonyl (C=O) groups excluding carboxylic acids is 2. The van der Waals surface area contributed by atoms with E-state index >= 15 is 0 Å². The molecule has 3 aromatic rings. The maximum Gasteiger partial charge on any atom is 0.416 e. The Bertz CT molecular complexity index is 1280. The molecule has 0 unspecified atom stereocenters. The van der Waals surface area contributed by atoms with Crippen LogP contribution in [0.25, 0.3) is 0 Å². The number of rotatable bonds is 9. The molecule has 1 atom stereocenters. The molecule has 11 heteroatoms. The molecule has 2 aromatic carbocycles. The van der Waals surface area contributed by atoms with E-state index in [1.807, 2.05) is 0 Å². The summed E-state index contributed by atoms with van der Waals surface area (Å²) in [6.07, 6.45) is -2.05. The van der Waals surface area contributed by atoms with Crippen LogP contribution in [0.2, 0.25) is 0 Å². The number of carbonyl (C=O) groups is 2. The number of hydrogen-bond acceptors (Lipinski definition) is 6. The smallest absolute Gasteiger partial charge is 0.416 e. The fourth-order valence-electron chi connectivity index (χ4n) is 4.64. The Morgan fingerprint density at radius 1 is 1.10 bits per heavy atom. The van der Waals surface area contributed by atoms with Crippen LogP contribution in [0.15, 0.2) is 59.2 Å². The van der Waals surface area contributed by atoms with Gasteiger partial charge in [-0.3, -0.25) is 14.5 Å². The Balaban J connectivity index is 1.51. The monoisotopic (exact) mass is 547 g/mol. The second-order valence-corrected chi connectivity index (χ2v) is 9.40. The Labute approximate surface area is 223 Å². The van der Waals surface area contributed by atoms with Crippen LogP contribution in [0.3, 0.4) is 0 Å². The number of aromatic nitrogens is 1. The minimum Gasteiger partial charge on any atom is -0.466 e. The number of piperidine rings is 1. The van der Waals surface area contributed by atoms with Crippen molar-refractivity contribution in [3.05, 3.63) is 88.9 Å². The maximum absolute atomic E-state index is 13.6. The van der Waals surface area contributed by atoms with Gasteiger partial charge in [-0.15, -0.1) is 0 Å². The van der Waals surface area contributed by atoms with E-state index in [2.05, 4.69) is 4.98 Å². The fourth-order valence-corrected chi connectivity index (χ4v) is 4.64. The van der Waals surface area contributed by atoms with Crippen LogP contribution < -0.4 is 0 Å². The van der Waals surface area contributed by atoms with Crippen molar-refractivity contribution in [2.45, 2.75) is 45.6 Å². The van der Waals surface area contributed by atoms with Gasteiger partial charge in [-0.1, -0.05) is 30.3 Å². The molecule has 0 radical (unpaired) electrons. The van der Waals surface area contributed by atoms with Gasteiger partial charge in [0.05, 0.1) is 24.6 Å². The average Bonchev–Trinajstić information content (AvgIpc) is 3.38. The van der Waals surface area contributed by atoms with Crippen LogP contribution in [-0.2, 0) is 35.3 Å². The zero-order chi connectivity index (χ0) is 28.0. The third-order valence-corrected chi connectivity index (χ3v) is 6.49. The topological polar surface area (TPSA) is 75.9 Å². The number of halogens is 4. The molecule has 0 aliphatic carbocycles. The molecule has 1 saturated heterocycles. The number of amides is 1. The predicted molar refractivity (Wildman–Crippen MR) is 133 cm³/mol. The Hall–Kier alpha value is -3.73. The van der Waals surface area contributed by atoms with Crippen molar-refractivity contribution in [2.24, 2.45) is 5.92 Å². The van der Waals surface area contributed by atoms with Crippen LogP contribution in [-0.4, -0.2) is 46.4 Å². The lowest BCUT2D eigenvalue weighted by Crippen LogP contribution is -2.43. The second-order valence-electron chi connectivity index (χ2n) is 9.40. The number of alkyl halides is 3. The van der Waals surface area contributed by atoms with E-state index in [0.717, 1.165) is 6.07 Å². The van der Waals surface area contributed by atoms with Crippen LogP contribution >= 0.6 is 0 Å². The van der Waals surface area contributed by atoms with Gasteiger partial charge in [0.25, 0.3) is 5.91 Å². The largest absolute Gasteiger partial charge is 0.466 e. The highest BCUT2D eigenvalue weighted by molar-refractivity contribution is 5.92. The van der Waals surface area contributed by atoms with Crippen LogP contribution in [0, 0.1) is 11.7 Å². The van der Waals surface area contributed by atoms with Gasteiger partial charge in [-0.2, -0.15) is 13.2 Å². The molecule has 1 fully saturated rings. The lowest BCUT2D eigenvalue weighted by molar-refractivity contribution is -0.149. The zero-order valence-corrected chi connectivity index (χ0v) is 21.4. The van der Waals surface area contributed by atoms with Crippen molar-refractivity contribution in [1.82, 2.24) is 14.8 Å². The number of ether oxygens (including phenoxy) is 1. The number of hydrogen-bond donors (Lipinski definition) is 0. The number of esters is 1. The van der Waals surface area contributed by atoms with Gasteiger partial charge in [0.2, 0.25) is 5.89 Å². The zero-order valence-electron chi connectivity index (χ0n) is 21.4. The lowest BCUT2D eigenvalue weighted by atomic mass is 9.98. The molecule has 7 nitrogen and oxygen atoms in total. The maximum atomic E-state index is 13.6. The van der Waals surface area contributed by atoms with Crippen molar-refractivity contribution in [1.29, 1.82) is 0 Å².